The minimum Gasteiger partial charge on any atom is -0.384 e. The van der Waals surface area contributed by atoms with Gasteiger partial charge in [-0.05, 0) is 49.6 Å². The van der Waals surface area contributed by atoms with Gasteiger partial charge in [-0.3, -0.25) is 19.4 Å². The summed E-state index contributed by atoms with van der Waals surface area (Å²) in [6.07, 6.45) is 10.4. The molecule has 0 radical (unpaired) electrons. The Labute approximate surface area is 241 Å². The molecule has 1 heterocycles. The van der Waals surface area contributed by atoms with Crippen LogP contribution in [0.1, 0.15) is 26.7 Å². The van der Waals surface area contributed by atoms with Crippen molar-refractivity contribution < 1.29 is 29.0 Å². The van der Waals surface area contributed by atoms with Crippen LogP contribution in [0.4, 0.5) is 0 Å². The summed E-state index contributed by atoms with van der Waals surface area (Å²) in [7, 11) is 4.94. The Morgan fingerprint density at radius 2 is 2.05 bits per heavy atom. The maximum Gasteiger partial charge on any atom is 0.256 e. The largest absolute Gasteiger partial charge is 0.384 e. The smallest absolute Gasteiger partial charge is 0.256 e. The number of nitrogens with zero attached hydrogens (tertiary/aromatic N) is 3. The molecule has 0 aromatic rings. The van der Waals surface area contributed by atoms with Crippen LogP contribution in [0.5, 0.6) is 0 Å². The van der Waals surface area contributed by atoms with E-state index in [1.807, 2.05) is 32.1 Å². The second-order valence-corrected chi connectivity index (χ2v) is 10.2. The van der Waals surface area contributed by atoms with E-state index in [1.165, 1.54) is 0 Å². The predicted molar refractivity (Wildman–Crippen MR) is 157 cm³/mol. The monoisotopic (exact) mass is 567 g/mol. The van der Waals surface area contributed by atoms with Crippen molar-refractivity contribution in [3.05, 3.63) is 70.5 Å². The average Bonchev–Trinajstić information content (AvgIpc) is 3.31. The van der Waals surface area contributed by atoms with Crippen molar-refractivity contribution in [1.29, 1.82) is 0 Å². The lowest BCUT2D eigenvalue weighted by Crippen LogP contribution is -2.56. The third kappa shape index (κ3) is 8.35. The quantitative estimate of drug-likeness (QED) is 0.265. The number of ether oxygens (including phenoxy) is 2. The molecule has 0 aromatic carbocycles. The molecule has 0 unspecified atom stereocenters. The van der Waals surface area contributed by atoms with E-state index in [9.17, 15) is 19.5 Å². The van der Waals surface area contributed by atoms with Gasteiger partial charge in [-0.15, -0.1) is 0 Å². The second-order valence-electron chi connectivity index (χ2n) is 10.2. The van der Waals surface area contributed by atoms with Gasteiger partial charge in [0.1, 0.15) is 5.84 Å². The molecular weight excluding hydrogens is 526 g/mol. The van der Waals surface area contributed by atoms with Gasteiger partial charge >= 0.3 is 0 Å². The summed E-state index contributed by atoms with van der Waals surface area (Å²) in [5, 5.41) is 13.5. The molecule has 3 rings (SSSR count). The molecule has 3 aliphatic rings. The van der Waals surface area contributed by atoms with Crippen molar-refractivity contribution in [2.45, 2.75) is 45.0 Å². The number of hydrogen-bond acceptors (Lipinski definition) is 7. The van der Waals surface area contributed by atoms with Gasteiger partial charge < -0.3 is 35.4 Å². The van der Waals surface area contributed by atoms with Gasteiger partial charge in [0.2, 0.25) is 0 Å². The second kappa shape index (κ2) is 14.7. The van der Waals surface area contributed by atoms with Crippen LogP contribution in [0.15, 0.2) is 75.5 Å². The molecule has 0 spiro atoms. The lowest BCUT2D eigenvalue weighted by molar-refractivity contribution is -0.166. The van der Waals surface area contributed by atoms with E-state index < -0.39 is 24.0 Å². The highest BCUT2D eigenvalue weighted by molar-refractivity contribution is 6.01. The highest BCUT2D eigenvalue weighted by Crippen LogP contribution is 2.20. The van der Waals surface area contributed by atoms with E-state index in [0.717, 1.165) is 16.7 Å². The summed E-state index contributed by atoms with van der Waals surface area (Å²) in [5.74, 6) is -0.933. The first-order valence-corrected chi connectivity index (χ1v) is 13.6. The van der Waals surface area contributed by atoms with Crippen LogP contribution in [0.3, 0.4) is 0 Å². The number of amides is 3. The molecule has 4 N–H and O–H groups in total. The van der Waals surface area contributed by atoms with Gasteiger partial charge in [-0.25, -0.2) is 0 Å². The van der Waals surface area contributed by atoms with Crippen molar-refractivity contribution in [1.82, 2.24) is 15.1 Å². The Morgan fingerprint density at radius 1 is 1.29 bits per heavy atom. The molecule has 41 heavy (non-hydrogen) atoms. The Kier molecular flexibility index (Phi) is 11.4. The summed E-state index contributed by atoms with van der Waals surface area (Å²) in [6, 6.07) is 0. The summed E-state index contributed by atoms with van der Waals surface area (Å²) < 4.78 is 10.8. The molecule has 1 fully saturated rings. The fourth-order valence-electron chi connectivity index (χ4n) is 4.61. The standard InChI is InChI=1S/C30H41N5O6/c1-19-9-12-23(13-14-24(19)27(31)32-3)33-28(37)25(36)26-30(39)35(15-16-41-26)18-21-7-6-8-22(11-10-21)29(38)34(4)17-20(2)40-5/h6-9,11,13-14,20,25-26,36H,10,12,15-18H2,1-5H3,(H2,31,32)(H,33,37)/t20-,25-,26-/m1/s1. The minimum atomic E-state index is -1.69. The molecule has 11 nitrogen and oxygen atoms in total. The Balaban J connectivity index is 1.60. The number of rotatable bonds is 10. The first-order valence-electron chi connectivity index (χ1n) is 13.6. The number of aliphatic hydroxyl groups is 1. The van der Waals surface area contributed by atoms with E-state index >= 15 is 0 Å². The topological polar surface area (TPSA) is 147 Å². The predicted octanol–water partition coefficient (Wildman–Crippen LogP) is 1.14. The number of hydrogen-bond donors (Lipinski definition) is 3. The summed E-state index contributed by atoms with van der Waals surface area (Å²) in [4.78, 5) is 46.1. The van der Waals surface area contributed by atoms with E-state index in [2.05, 4.69) is 10.3 Å². The fraction of sp³-hybridized carbons (Fsp3) is 0.467. The van der Waals surface area contributed by atoms with Gasteiger partial charge in [0.05, 0.1) is 12.7 Å². The van der Waals surface area contributed by atoms with Crippen molar-refractivity contribution >= 4 is 23.6 Å². The molecule has 2 aliphatic carbocycles. The molecule has 1 aliphatic heterocycles. The third-order valence-electron chi connectivity index (χ3n) is 7.19. The van der Waals surface area contributed by atoms with Crippen LogP contribution < -0.4 is 11.1 Å². The fourth-order valence-corrected chi connectivity index (χ4v) is 4.61. The first kappa shape index (κ1) is 31.7. The molecule has 3 atom stereocenters. The molecule has 0 aromatic heterocycles. The van der Waals surface area contributed by atoms with Crippen LogP contribution in [0.25, 0.3) is 0 Å². The zero-order chi connectivity index (χ0) is 30.1. The number of carbonyl (C=O) groups is 3. The van der Waals surface area contributed by atoms with E-state index in [4.69, 9.17) is 15.2 Å². The van der Waals surface area contributed by atoms with E-state index in [1.54, 1.807) is 55.3 Å². The van der Waals surface area contributed by atoms with Crippen molar-refractivity contribution in [3.63, 3.8) is 0 Å². The van der Waals surface area contributed by atoms with Gasteiger partial charge in [-0.2, -0.15) is 0 Å². The number of aliphatic hydroxyl groups excluding tert-OH is 1. The summed E-state index contributed by atoms with van der Waals surface area (Å²) in [6.45, 7) is 5.05. The Morgan fingerprint density at radius 3 is 2.76 bits per heavy atom. The van der Waals surface area contributed by atoms with E-state index in [-0.39, 0.29) is 25.2 Å². The van der Waals surface area contributed by atoms with Crippen LogP contribution in [0.2, 0.25) is 0 Å². The number of methoxy groups -OCH3 is 1. The molecule has 0 saturated carbocycles. The lowest BCUT2D eigenvalue weighted by Gasteiger charge is -2.34. The SMILES string of the molecule is CN=C(N)C1=CC=C(NC(=O)[C@H](O)[C@H]2OCCN(CC3=CC=CC(C(=O)N(C)C[C@@H](C)OC)=CC3)C2=O)CC=C1C. The number of morpholine rings is 1. The van der Waals surface area contributed by atoms with Crippen LogP contribution >= 0.6 is 0 Å². The third-order valence-corrected chi connectivity index (χ3v) is 7.19. The summed E-state index contributed by atoms with van der Waals surface area (Å²) in [5.41, 5.74) is 9.63. The maximum atomic E-state index is 13.2. The number of allylic oxidation sites excluding steroid dienone is 6. The van der Waals surface area contributed by atoms with Gasteiger partial charge in [0, 0.05) is 64.1 Å². The van der Waals surface area contributed by atoms with Gasteiger partial charge in [-0.1, -0.05) is 24.3 Å². The molecule has 3 amide bonds. The highest BCUT2D eigenvalue weighted by Gasteiger charge is 2.39. The van der Waals surface area contributed by atoms with Crippen LogP contribution in [-0.4, -0.2) is 104 Å². The number of amidine groups is 1. The number of nitrogens with one attached hydrogen (secondary N) is 1. The zero-order valence-corrected chi connectivity index (χ0v) is 24.4. The van der Waals surface area contributed by atoms with E-state index in [0.29, 0.717) is 43.0 Å². The molecule has 222 valence electrons. The number of nitrogens with two attached hydrogens (primary N) is 1. The normalized spacial score (nSPS) is 21.4. The Bertz CT molecular complexity index is 1240. The first-order chi connectivity index (χ1) is 19.5. The van der Waals surface area contributed by atoms with Crippen molar-refractivity contribution in [2.75, 3.05) is 47.4 Å². The number of likely N-dealkylation sites (N-methyl/N-ethyl adjacent to an activating group) is 1. The molecular formula is C30H41N5O6. The number of carbonyl (C=O) groups excluding carboxylic acids is 3. The molecule has 1 saturated heterocycles. The van der Waals surface area contributed by atoms with Crippen LogP contribution in [-0.2, 0) is 23.9 Å². The van der Waals surface area contributed by atoms with Gasteiger partial charge in [0.25, 0.3) is 17.7 Å². The number of aliphatic imine (C=N–C) groups is 1. The molecule has 0 bridgehead atoms. The Hall–Kier alpha value is -3.80. The van der Waals surface area contributed by atoms with Gasteiger partial charge in [0.15, 0.2) is 12.2 Å². The highest BCUT2D eigenvalue weighted by atomic mass is 16.5. The zero-order valence-electron chi connectivity index (χ0n) is 24.4. The summed E-state index contributed by atoms with van der Waals surface area (Å²) >= 11 is 0. The van der Waals surface area contributed by atoms with Crippen molar-refractivity contribution in [3.8, 4) is 0 Å². The van der Waals surface area contributed by atoms with Crippen LogP contribution in [0, 0.1) is 0 Å². The maximum absolute atomic E-state index is 13.2. The molecule has 11 heteroatoms. The van der Waals surface area contributed by atoms with Crippen molar-refractivity contribution in [2.24, 2.45) is 10.7 Å². The minimum absolute atomic E-state index is 0.0829. The average molecular weight is 568 g/mol. The lowest BCUT2D eigenvalue weighted by atomic mass is 10.1.